The molecule has 2 heterocycles. The Balaban J connectivity index is 0.00000144. The molecule has 0 saturated carbocycles. The first-order chi connectivity index (χ1) is 10.5. The summed E-state index contributed by atoms with van der Waals surface area (Å²) in [5.41, 5.74) is 0.756. The molecular formula is C15H7NNa2O5S. The second kappa shape index (κ2) is 9.05. The fraction of sp³-hybridized carbons (Fsp3) is 0. The Morgan fingerprint density at radius 3 is 2.33 bits per heavy atom. The maximum absolute atomic E-state index is 11.4. The van der Waals surface area contributed by atoms with Crippen LogP contribution >= 0.6 is 11.8 Å². The van der Waals surface area contributed by atoms with Crippen molar-refractivity contribution in [2.24, 2.45) is 4.99 Å². The van der Waals surface area contributed by atoms with Gasteiger partial charge in [0.2, 0.25) is 0 Å². The number of aliphatic imine (C=N–C) groups is 1. The number of nitrogens with zero attached hydrogens (tertiary/aromatic N) is 1. The van der Waals surface area contributed by atoms with Gasteiger partial charge in [0.15, 0.2) is 0 Å². The number of carboxylic acids is 1. The molecule has 1 amide bonds. The number of hydrogen-bond acceptors (Lipinski definition) is 6. The topological polar surface area (TPSA) is 106 Å². The Hall–Kier alpha value is -0.800. The van der Waals surface area contributed by atoms with Crippen molar-refractivity contribution in [2.45, 2.75) is 0 Å². The quantitative estimate of drug-likeness (QED) is 0.400. The average Bonchev–Trinajstić information content (AvgIpc) is 3.06. The molecule has 9 heteroatoms. The first-order valence-electron chi connectivity index (χ1n) is 6.14. The van der Waals surface area contributed by atoms with Gasteiger partial charge in [0.25, 0.3) is 5.91 Å². The number of rotatable bonds is 3. The van der Waals surface area contributed by atoms with Gasteiger partial charge in [-0.25, -0.2) is 4.99 Å². The molecule has 2 aromatic rings. The van der Waals surface area contributed by atoms with Gasteiger partial charge in [-0.3, -0.25) is 4.79 Å². The number of amides is 1. The molecule has 3 rings (SSSR count). The third kappa shape index (κ3) is 4.86. The summed E-state index contributed by atoms with van der Waals surface area (Å²) < 4.78 is 5.56. The SMILES string of the molecule is O=C1N=C([O-])S/C1=C\c1ccc(-c2ccc(C(=O)[O-])cc2)o1.[Na+].[Na+]. The summed E-state index contributed by atoms with van der Waals surface area (Å²) >= 11 is 0.752. The molecule has 110 valence electrons. The van der Waals surface area contributed by atoms with Crippen LogP contribution < -0.4 is 69.3 Å². The summed E-state index contributed by atoms with van der Waals surface area (Å²) in [5.74, 6) is -0.914. The molecule has 0 aliphatic carbocycles. The van der Waals surface area contributed by atoms with Crippen LogP contribution in [-0.4, -0.2) is 17.1 Å². The monoisotopic (exact) mass is 359 g/mol. The molecule has 0 N–H and O–H groups in total. The Morgan fingerprint density at radius 1 is 1.12 bits per heavy atom. The molecular weight excluding hydrogens is 352 g/mol. The van der Waals surface area contributed by atoms with Crippen molar-refractivity contribution < 1.29 is 83.3 Å². The van der Waals surface area contributed by atoms with Gasteiger partial charge in [-0.15, -0.1) is 0 Å². The molecule has 1 aromatic heterocycles. The number of carbonyl (C=O) groups is 2. The summed E-state index contributed by atoms with van der Waals surface area (Å²) in [6.45, 7) is 0. The molecule has 0 unspecified atom stereocenters. The van der Waals surface area contributed by atoms with E-state index in [1.165, 1.54) is 18.2 Å². The van der Waals surface area contributed by atoms with E-state index in [0.717, 1.165) is 11.8 Å². The average molecular weight is 359 g/mol. The maximum atomic E-state index is 11.4. The van der Waals surface area contributed by atoms with Crippen LogP contribution in [0.5, 0.6) is 0 Å². The molecule has 0 saturated heterocycles. The van der Waals surface area contributed by atoms with E-state index in [4.69, 9.17) is 4.42 Å². The van der Waals surface area contributed by atoms with E-state index in [9.17, 15) is 19.8 Å². The zero-order valence-corrected chi connectivity index (χ0v) is 17.8. The number of benzene rings is 1. The molecule has 0 spiro atoms. The van der Waals surface area contributed by atoms with Gasteiger partial charge in [-0.05, 0) is 17.7 Å². The fourth-order valence-electron chi connectivity index (χ4n) is 1.88. The van der Waals surface area contributed by atoms with Crippen molar-refractivity contribution in [3.63, 3.8) is 0 Å². The van der Waals surface area contributed by atoms with E-state index in [2.05, 4.69) is 4.99 Å². The minimum atomic E-state index is -1.25. The van der Waals surface area contributed by atoms with Gasteiger partial charge in [0, 0.05) is 16.9 Å². The Morgan fingerprint density at radius 2 is 1.79 bits per heavy atom. The van der Waals surface area contributed by atoms with Crippen molar-refractivity contribution in [1.29, 1.82) is 0 Å². The van der Waals surface area contributed by atoms with Gasteiger partial charge in [0.1, 0.15) is 11.5 Å². The first kappa shape index (κ1) is 21.2. The van der Waals surface area contributed by atoms with E-state index >= 15 is 0 Å². The van der Waals surface area contributed by atoms with Crippen molar-refractivity contribution in [2.75, 3.05) is 0 Å². The molecule has 0 radical (unpaired) electrons. The Labute approximate surface area is 185 Å². The van der Waals surface area contributed by atoms with Gasteiger partial charge in [0.05, 0.1) is 10.9 Å². The van der Waals surface area contributed by atoms with Gasteiger partial charge < -0.3 is 19.4 Å². The molecule has 0 fully saturated rings. The zero-order valence-electron chi connectivity index (χ0n) is 12.9. The minimum Gasteiger partial charge on any atom is -0.853 e. The van der Waals surface area contributed by atoms with Crippen LogP contribution in [0.2, 0.25) is 0 Å². The van der Waals surface area contributed by atoms with Gasteiger partial charge in [-0.1, -0.05) is 36.0 Å². The van der Waals surface area contributed by atoms with Crippen molar-refractivity contribution in [1.82, 2.24) is 0 Å². The fourth-order valence-corrected chi connectivity index (χ4v) is 2.50. The Bertz CT molecular complexity index is 827. The Kier molecular flexibility index (Phi) is 8.01. The standard InChI is InChI=1S/C15H9NO5S.2Na/c17-13-12(22-15(20)16-13)7-10-5-6-11(21-10)8-1-3-9(4-2-8)14(18)19;;/h1-7H,(H,18,19)(H,16,17,20);;/q;2*+1/p-2/b12-7-;;. The van der Waals surface area contributed by atoms with Gasteiger partial charge in [-0.2, -0.15) is 0 Å². The van der Waals surface area contributed by atoms with E-state index in [0.29, 0.717) is 17.1 Å². The first-order valence-corrected chi connectivity index (χ1v) is 6.96. The van der Waals surface area contributed by atoms with E-state index < -0.39 is 17.1 Å². The van der Waals surface area contributed by atoms with Crippen LogP contribution in [0.15, 0.2) is 50.7 Å². The second-order valence-electron chi connectivity index (χ2n) is 4.36. The summed E-state index contributed by atoms with van der Waals surface area (Å²) in [6.07, 6.45) is 1.44. The molecule has 1 aromatic carbocycles. The normalized spacial score (nSPS) is 14.8. The molecule has 6 nitrogen and oxygen atoms in total. The number of furan rings is 1. The maximum Gasteiger partial charge on any atom is 1.00 e. The van der Waals surface area contributed by atoms with E-state index in [1.54, 1.807) is 24.3 Å². The zero-order chi connectivity index (χ0) is 15.7. The third-order valence-electron chi connectivity index (χ3n) is 2.91. The van der Waals surface area contributed by atoms with Crippen LogP contribution in [0, 0.1) is 0 Å². The second-order valence-corrected chi connectivity index (χ2v) is 5.35. The summed E-state index contributed by atoms with van der Waals surface area (Å²) in [7, 11) is 0. The van der Waals surface area contributed by atoms with Crippen molar-refractivity contribution in [3.8, 4) is 11.3 Å². The minimum absolute atomic E-state index is 0. The van der Waals surface area contributed by atoms with Crippen LogP contribution in [0.25, 0.3) is 17.4 Å². The molecule has 24 heavy (non-hydrogen) atoms. The third-order valence-corrected chi connectivity index (χ3v) is 3.68. The summed E-state index contributed by atoms with van der Waals surface area (Å²) in [5, 5.41) is 21.2. The van der Waals surface area contributed by atoms with Gasteiger partial charge >= 0.3 is 59.1 Å². The summed E-state index contributed by atoms with van der Waals surface area (Å²) in [6, 6.07) is 9.35. The number of aromatic carboxylic acids is 1. The molecule has 1 aliphatic rings. The molecule has 1 aliphatic heterocycles. The van der Waals surface area contributed by atoms with Crippen LogP contribution in [0.4, 0.5) is 0 Å². The molecule has 0 atom stereocenters. The predicted molar refractivity (Wildman–Crippen MR) is 76.5 cm³/mol. The molecule has 0 bridgehead atoms. The summed E-state index contributed by atoms with van der Waals surface area (Å²) in [4.78, 5) is 25.6. The van der Waals surface area contributed by atoms with Crippen LogP contribution in [0.3, 0.4) is 0 Å². The largest absolute Gasteiger partial charge is 1.00 e. The number of carbonyl (C=O) groups excluding carboxylic acids is 2. The van der Waals surface area contributed by atoms with Crippen molar-refractivity contribution >= 4 is 34.9 Å². The van der Waals surface area contributed by atoms with E-state index in [1.807, 2.05) is 0 Å². The van der Waals surface area contributed by atoms with E-state index in [-0.39, 0.29) is 69.6 Å². The number of thioether (sulfide) groups is 1. The predicted octanol–water partition coefficient (Wildman–Crippen LogP) is -5.35. The smallest absolute Gasteiger partial charge is 0.853 e. The number of hydrogen-bond donors (Lipinski definition) is 0. The van der Waals surface area contributed by atoms with Crippen LogP contribution in [-0.2, 0) is 4.79 Å². The number of carboxylic acid groups (broad SMARTS) is 1. The van der Waals surface area contributed by atoms with Crippen molar-refractivity contribution in [3.05, 3.63) is 52.6 Å². The van der Waals surface area contributed by atoms with Crippen LogP contribution in [0.1, 0.15) is 16.1 Å².